The summed E-state index contributed by atoms with van der Waals surface area (Å²) in [4.78, 5) is 23.9. The Hall–Kier alpha value is -3.96. The highest BCUT2D eigenvalue weighted by molar-refractivity contribution is 5.98. The lowest BCUT2D eigenvalue weighted by atomic mass is 9.99. The molecule has 0 unspecified atom stereocenters. The number of carbonyl (C=O) groups is 1. The van der Waals surface area contributed by atoms with E-state index < -0.39 is 18.0 Å². The van der Waals surface area contributed by atoms with Crippen molar-refractivity contribution in [2.45, 2.75) is 50.0 Å². The normalized spacial score (nSPS) is 18.6. The van der Waals surface area contributed by atoms with Crippen LogP contribution in [0, 0.1) is 0 Å². The topological polar surface area (TPSA) is 115 Å². The monoisotopic (exact) mass is 552 g/mol. The highest BCUT2D eigenvalue weighted by Crippen LogP contribution is 2.39. The number of oxazole rings is 1. The smallest absolute Gasteiger partial charge is 0.433 e. The van der Waals surface area contributed by atoms with E-state index in [4.69, 9.17) is 14.9 Å². The van der Waals surface area contributed by atoms with Crippen LogP contribution >= 0.6 is 0 Å². The van der Waals surface area contributed by atoms with Crippen molar-refractivity contribution in [3.8, 4) is 17.2 Å². The van der Waals surface area contributed by atoms with Crippen LogP contribution in [0.15, 0.2) is 52.9 Å². The average molecular weight is 553 g/mol. The van der Waals surface area contributed by atoms with Crippen LogP contribution in [-0.2, 0) is 19.1 Å². The molecule has 2 aromatic heterocycles. The molecule has 2 aliphatic rings. The molecule has 1 amide bonds. The van der Waals surface area contributed by atoms with Crippen molar-refractivity contribution in [1.82, 2.24) is 14.9 Å². The lowest BCUT2D eigenvalue weighted by Crippen LogP contribution is -2.39. The molecule has 0 bridgehead atoms. The molecule has 4 aromatic rings. The summed E-state index contributed by atoms with van der Waals surface area (Å²) in [6.45, 7) is 0.218. The van der Waals surface area contributed by atoms with Crippen molar-refractivity contribution in [3.05, 3.63) is 76.8 Å². The van der Waals surface area contributed by atoms with Gasteiger partial charge in [0, 0.05) is 29.5 Å². The summed E-state index contributed by atoms with van der Waals surface area (Å²) in [7, 11) is 1.34. The number of methoxy groups -OCH3 is 1. The molecule has 2 aliphatic carbocycles. The first-order chi connectivity index (χ1) is 19.2. The summed E-state index contributed by atoms with van der Waals surface area (Å²) >= 11 is 0. The molecule has 1 saturated carbocycles. The van der Waals surface area contributed by atoms with Crippen molar-refractivity contribution in [2.75, 3.05) is 13.7 Å². The zero-order valence-corrected chi connectivity index (χ0v) is 21.6. The number of fused-ring (bicyclic) bond motifs is 2. The van der Waals surface area contributed by atoms with Crippen LogP contribution in [0.1, 0.15) is 51.8 Å². The molecule has 3 N–H and O–H groups in total. The van der Waals surface area contributed by atoms with Gasteiger partial charge in [-0.05, 0) is 54.7 Å². The number of benzene rings is 2. The first-order valence-electron chi connectivity index (χ1n) is 13.0. The fourth-order valence-electron chi connectivity index (χ4n) is 5.48. The number of nitrogens with two attached hydrogens (primary N) is 1. The molecule has 2 aromatic carbocycles. The van der Waals surface area contributed by atoms with Crippen molar-refractivity contribution < 1.29 is 32.2 Å². The van der Waals surface area contributed by atoms with E-state index in [0.29, 0.717) is 23.9 Å². The number of carbonyl (C=O) groups excluding carboxylic acids is 1. The predicted molar refractivity (Wildman–Crippen MR) is 140 cm³/mol. The Kier molecular flexibility index (Phi) is 6.50. The number of rotatable bonds is 7. The predicted octanol–water partition coefficient (Wildman–Crippen LogP) is 4.68. The van der Waals surface area contributed by atoms with Gasteiger partial charge in [-0.2, -0.15) is 13.2 Å². The van der Waals surface area contributed by atoms with E-state index >= 15 is 0 Å². The average Bonchev–Trinajstić information content (AvgIpc) is 3.61. The Morgan fingerprint density at radius 3 is 2.62 bits per heavy atom. The first kappa shape index (κ1) is 26.3. The van der Waals surface area contributed by atoms with Gasteiger partial charge >= 0.3 is 6.18 Å². The molecule has 11 heteroatoms. The number of pyridine rings is 1. The summed E-state index contributed by atoms with van der Waals surface area (Å²) in [6.07, 6.45) is -3.02. The number of halogens is 3. The summed E-state index contributed by atoms with van der Waals surface area (Å²) in [5.41, 5.74) is 7.38. The van der Waals surface area contributed by atoms with Gasteiger partial charge in [0.2, 0.25) is 5.89 Å². The Morgan fingerprint density at radius 2 is 1.93 bits per heavy atom. The van der Waals surface area contributed by atoms with Crippen LogP contribution in [0.5, 0.6) is 5.75 Å². The zero-order valence-electron chi connectivity index (χ0n) is 21.6. The third-order valence-corrected chi connectivity index (χ3v) is 7.64. The molecule has 2 atom stereocenters. The van der Waals surface area contributed by atoms with Crippen molar-refractivity contribution in [1.29, 1.82) is 0 Å². The van der Waals surface area contributed by atoms with Gasteiger partial charge in [0.25, 0.3) is 5.91 Å². The van der Waals surface area contributed by atoms with Crippen LogP contribution in [0.4, 0.5) is 13.2 Å². The number of alkyl halides is 3. The maximum Gasteiger partial charge on any atom is 0.433 e. The molecule has 0 spiro atoms. The maximum absolute atomic E-state index is 13.9. The number of hydrogen-bond acceptors (Lipinski definition) is 7. The van der Waals surface area contributed by atoms with E-state index in [9.17, 15) is 23.1 Å². The van der Waals surface area contributed by atoms with Crippen LogP contribution < -0.4 is 10.5 Å². The first-order valence-corrected chi connectivity index (χ1v) is 13.0. The molecular weight excluding hydrogens is 525 g/mol. The van der Waals surface area contributed by atoms with Crippen LogP contribution in [0.25, 0.3) is 22.4 Å². The molecule has 1 fully saturated rings. The number of ether oxygens (including phenoxy) is 1. The molecule has 40 heavy (non-hydrogen) atoms. The van der Waals surface area contributed by atoms with Gasteiger partial charge in [0.05, 0.1) is 19.8 Å². The summed E-state index contributed by atoms with van der Waals surface area (Å²) in [6, 6.07) is 13.1. The Balaban J connectivity index is 1.37. The number of nitrogens with zero attached hydrogens (tertiary/aromatic N) is 3. The summed E-state index contributed by atoms with van der Waals surface area (Å²) in [5.74, 6) is -0.221. The van der Waals surface area contributed by atoms with Crippen molar-refractivity contribution in [2.24, 2.45) is 5.73 Å². The fraction of sp³-hybridized carbons (Fsp3) is 0.345. The van der Waals surface area contributed by atoms with Crippen LogP contribution in [0.3, 0.4) is 0 Å². The molecule has 0 radical (unpaired) electrons. The minimum Gasteiger partial charge on any atom is -0.494 e. The third-order valence-electron chi connectivity index (χ3n) is 7.64. The number of aromatic nitrogens is 2. The van der Waals surface area contributed by atoms with E-state index in [1.165, 1.54) is 19.2 Å². The number of aliphatic hydroxyl groups is 1. The number of amides is 1. The van der Waals surface area contributed by atoms with E-state index in [2.05, 4.69) is 9.97 Å². The minimum absolute atomic E-state index is 0.0105. The molecule has 6 rings (SSSR count). The van der Waals surface area contributed by atoms with Crippen LogP contribution in [-0.4, -0.2) is 51.7 Å². The van der Waals surface area contributed by atoms with Gasteiger partial charge in [-0.1, -0.05) is 24.3 Å². The van der Waals surface area contributed by atoms with Gasteiger partial charge < -0.3 is 24.9 Å². The molecule has 8 nitrogen and oxygen atoms in total. The lowest BCUT2D eigenvalue weighted by Gasteiger charge is -2.27. The maximum atomic E-state index is 13.9. The van der Waals surface area contributed by atoms with E-state index in [1.807, 2.05) is 24.3 Å². The molecule has 2 heterocycles. The fourth-order valence-corrected chi connectivity index (χ4v) is 5.48. The highest BCUT2D eigenvalue weighted by Gasteiger charge is 2.41. The van der Waals surface area contributed by atoms with Crippen LogP contribution in [0.2, 0.25) is 0 Å². The largest absolute Gasteiger partial charge is 0.494 e. The molecule has 0 aliphatic heterocycles. The number of aliphatic hydroxyl groups excluding tert-OH is 1. The second-order valence-corrected chi connectivity index (χ2v) is 10.2. The Bertz CT molecular complexity index is 1600. The van der Waals surface area contributed by atoms with E-state index in [1.54, 1.807) is 11.0 Å². The second-order valence-electron chi connectivity index (χ2n) is 10.2. The highest BCUT2D eigenvalue weighted by atomic mass is 19.4. The lowest BCUT2D eigenvalue weighted by molar-refractivity contribution is -0.140. The summed E-state index contributed by atoms with van der Waals surface area (Å²) in [5, 5.41) is 11.1. The minimum atomic E-state index is -4.63. The van der Waals surface area contributed by atoms with Gasteiger partial charge in [0.1, 0.15) is 17.0 Å². The van der Waals surface area contributed by atoms with Gasteiger partial charge in [-0.25, -0.2) is 9.97 Å². The molecular formula is C29H27F3N4O4. The SMILES string of the molecule is COc1ccc(-c2nc(C(=O)N(C[C@@H]3c4ccccc4C[C@@H]3O)C3CC3)c(CN)o2)c2ccc(C(F)(F)F)nc12. The summed E-state index contributed by atoms with van der Waals surface area (Å²) < 4.78 is 51.3. The van der Waals surface area contributed by atoms with Gasteiger partial charge in [0.15, 0.2) is 11.5 Å². The van der Waals surface area contributed by atoms with Gasteiger partial charge in [-0.3, -0.25) is 4.79 Å². The van der Waals surface area contributed by atoms with Crippen molar-refractivity contribution in [3.63, 3.8) is 0 Å². The van der Waals surface area contributed by atoms with Crippen molar-refractivity contribution >= 4 is 16.8 Å². The van der Waals surface area contributed by atoms with E-state index in [0.717, 1.165) is 30.0 Å². The van der Waals surface area contributed by atoms with E-state index in [-0.39, 0.29) is 53.0 Å². The number of hydrogen-bond donors (Lipinski definition) is 2. The second kappa shape index (κ2) is 9.90. The standard InChI is InChI=1S/C29H27F3N4O4/c1-39-22-10-8-19(18-9-11-24(29(30,31)32)34-25(18)22)27-35-26(23(13-33)40-27)28(38)36(16-6-7-16)14-20-17-5-3-2-4-15(17)12-21(20)37/h2-5,8-11,16,20-21,37H,6-7,12-14,33H2,1H3/t20-,21+/m1/s1. The molecule has 0 saturated heterocycles. The molecule has 208 valence electrons. The van der Waals surface area contributed by atoms with Gasteiger partial charge in [-0.15, -0.1) is 0 Å². The Labute approximate surface area is 227 Å². The third kappa shape index (κ3) is 4.58. The Morgan fingerprint density at radius 1 is 1.15 bits per heavy atom. The zero-order chi connectivity index (χ0) is 28.2. The quantitative estimate of drug-likeness (QED) is 0.342.